The number of amides is 1. The van der Waals surface area contributed by atoms with Gasteiger partial charge in [0.1, 0.15) is 5.75 Å². The van der Waals surface area contributed by atoms with Crippen molar-refractivity contribution in [2.75, 3.05) is 32.8 Å². The number of unbranched alkanes of at least 4 members (excludes halogenated alkanes) is 1. The fraction of sp³-hybridized carbons (Fsp3) is 0.480. The topological polar surface area (TPSA) is 66.9 Å². The molecule has 1 aliphatic rings. The summed E-state index contributed by atoms with van der Waals surface area (Å²) in [5.74, 6) is -2.87. The molecule has 1 amide bonds. The van der Waals surface area contributed by atoms with Crippen molar-refractivity contribution in [2.45, 2.75) is 49.8 Å². The van der Waals surface area contributed by atoms with Crippen molar-refractivity contribution in [1.82, 2.24) is 9.21 Å². The van der Waals surface area contributed by atoms with E-state index in [-0.39, 0.29) is 55.4 Å². The molecule has 0 bridgehead atoms. The van der Waals surface area contributed by atoms with Crippen molar-refractivity contribution >= 4 is 15.9 Å². The predicted octanol–water partition coefficient (Wildman–Crippen LogP) is 4.66. The number of sulfonamides is 1. The second kappa shape index (κ2) is 11.8. The monoisotopic (exact) mass is 494 g/mol. The molecule has 2 aromatic rings. The molecular weight excluding hydrogens is 462 g/mol. The third kappa shape index (κ3) is 6.76. The van der Waals surface area contributed by atoms with Gasteiger partial charge in [0.05, 0.1) is 11.5 Å². The highest BCUT2D eigenvalue weighted by atomic mass is 32.2. The summed E-state index contributed by atoms with van der Waals surface area (Å²) in [5, 5.41) is 0. The van der Waals surface area contributed by atoms with Crippen LogP contribution in [0.25, 0.3) is 0 Å². The Labute approximate surface area is 200 Å². The Balaban J connectivity index is 1.47. The Bertz CT molecular complexity index is 1040. The van der Waals surface area contributed by atoms with Gasteiger partial charge >= 0.3 is 0 Å². The molecule has 0 aliphatic carbocycles. The maximum Gasteiger partial charge on any atom is 0.273 e. The fourth-order valence-corrected chi connectivity index (χ4v) is 5.27. The Morgan fingerprint density at radius 2 is 1.71 bits per heavy atom. The highest BCUT2D eigenvalue weighted by Gasteiger charge is 2.33. The Kier molecular flexibility index (Phi) is 9.02. The number of benzene rings is 2. The van der Waals surface area contributed by atoms with Crippen molar-refractivity contribution in [3.05, 3.63) is 60.2 Å². The summed E-state index contributed by atoms with van der Waals surface area (Å²) in [5.41, 5.74) is -0.117. The van der Waals surface area contributed by atoms with Gasteiger partial charge in [-0.25, -0.2) is 17.2 Å². The Morgan fingerprint density at radius 3 is 2.38 bits per heavy atom. The van der Waals surface area contributed by atoms with Crippen molar-refractivity contribution in [3.63, 3.8) is 0 Å². The van der Waals surface area contributed by atoms with Gasteiger partial charge in [0.15, 0.2) is 0 Å². The molecule has 1 aliphatic heterocycles. The van der Waals surface area contributed by atoms with E-state index in [1.54, 1.807) is 47.4 Å². The first-order valence-electron chi connectivity index (χ1n) is 11.7. The van der Waals surface area contributed by atoms with E-state index in [4.69, 9.17) is 4.74 Å². The standard InChI is InChI=1S/C25H32F2N2O4S/c1-2-3-19-33-22-10-7-9-21(20-22)25(26,27)14-8-13-24(30)28-15-17-29(18-16-28)34(31,32)23-11-5-4-6-12-23/h4-7,9-12,20H,2-3,8,13-19H2,1H3. The van der Waals surface area contributed by atoms with Crippen molar-refractivity contribution in [1.29, 1.82) is 0 Å². The maximum absolute atomic E-state index is 14.7. The minimum atomic E-state index is -3.60. The lowest BCUT2D eigenvalue weighted by Gasteiger charge is -2.34. The summed E-state index contributed by atoms with van der Waals surface area (Å²) < 4.78 is 61.7. The first-order chi connectivity index (χ1) is 16.2. The van der Waals surface area contributed by atoms with E-state index in [0.717, 1.165) is 12.8 Å². The van der Waals surface area contributed by atoms with Crippen LogP contribution in [0.1, 0.15) is 44.6 Å². The Hall–Kier alpha value is -2.52. The largest absolute Gasteiger partial charge is 0.494 e. The van der Waals surface area contributed by atoms with Crippen LogP contribution >= 0.6 is 0 Å². The zero-order valence-electron chi connectivity index (χ0n) is 19.5. The molecule has 186 valence electrons. The van der Waals surface area contributed by atoms with Crippen molar-refractivity contribution < 1.29 is 26.7 Å². The molecule has 9 heteroatoms. The summed E-state index contributed by atoms with van der Waals surface area (Å²) in [7, 11) is -3.60. The average Bonchev–Trinajstić information content (AvgIpc) is 2.85. The number of hydrogen-bond acceptors (Lipinski definition) is 4. The van der Waals surface area contributed by atoms with Crippen LogP contribution in [0.15, 0.2) is 59.5 Å². The summed E-state index contributed by atoms with van der Waals surface area (Å²) in [6, 6.07) is 14.1. The van der Waals surface area contributed by atoms with E-state index in [1.165, 1.54) is 16.4 Å². The van der Waals surface area contributed by atoms with E-state index in [9.17, 15) is 22.0 Å². The van der Waals surface area contributed by atoms with Crippen molar-refractivity contribution in [2.24, 2.45) is 0 Å². The molecule has 6 nitrogen and oxygen atoms in total. The molecule has 1 fully saturated rings. The molecule has 0 aromatic heterocycles. The molecule has 3 rings (SSSR count). The number of carbonyl (C=O) groups is 1. The van der Waals surface area contributed by atoms with Gasteiger partial charge in [-0.15, -0.1) is 0 Å². The second-order valence-corrected chi connectivity index (χ2v) is 10.3. The van der Waals surface area contributed by atoms with Gasteiger partial charge in [0, 0.05) is 44.6 Å². The minimum absolute atomic E-state index is 0.00623. The average molecular weight is 495 g/mol. The summed E-state index contributed by atoms with van der Waals surface area (Å²) in [4.78, 5) is 14.3. The zero-order chi connectivity index (χ0) is 24.6. The van der Waals surface area contributed by atoms with Crippen molar-refractivity contribution in [3.8, 4) is 5.75 Å². The molecule has 0 spiro atoms. The molecule has 0 N–H and O–H groups in total. The molecule has 0 unspecified atom stereocenters. The summed E-state index contributed by atoms with van der Waals surface area (Å²) >= 11 is 0. The SMILES string of the molecule is CCCCOc1cccc(C(F)(F)CCCC(=O)N2CCN(S(=O)(=O)c3ccccc3)CC2)c1. The van der Waals surface area contributed by atoms with Gasteiger partial charge in [0.25, 0.3) is 5.92 Å². The second-order valence-electron chi connectivity index (χ2n) is 8.39. The van der Waals surface area contributed by atoms with Crippen LogP contribution in [0.3, 0.4) is 0 Å². The lowest BCUT2D eigenvalue weighted by Crippen LogP contribution is -2.50. The highest BCUT2D eigenvalue weighted by Crippen LogP contribution is 2.35. The number of carbonyl (C=O) groups excluding carboxylic acids is 1. The predicted molar refractivity (Wildman–Crippen MR) is 126 cm³/mol. The normalized spacial score (nSPS) is 15.3. The van der Waals surface area contributed by atoms with Crippen LogP contribution in [-0.2, 0) is 20.7 Å². The first-order valence-corrected chi connectivity index (χ1v) is 13.1. The number of piperazine rings is 1. The van der Waals surface area contributed by atoms with Crippen LogP contribution < -0.4 is 4.74 Å². The molecule has 2 aromatic carbocycles. The Morgan fingerprint density at radius 1 is 1.00 bits per heavy atom. The van der Waals surface area contributed by atoms with E-state index < -0.39 is 22.4 Å². The number of alkyl halides is 2. The third-order valence-electron chi connectivity index (χ3n) is 5.88. The third-order valence-corrected chi connectivity index (χ3v) is 7.79. The highest BCUT2D eigenvalue weighted by molar-refractivity contribution is 7.89. The summed E-state index contributed by atoms with van der Waals surface area (Å²) in [6.07, 6.45) is 1.40. The lowest BCUT2D eigenvalue weighted by atomic mass is 10.0. The molecular formula is C25H32F2N2O4S. The van der Waals surface area contributed by atoms with E-state index in [0.29, 0.717) is 12.4 Å². The molecule has 0 atom stereocenters. The molecule has 34 heavy (non-hydrogen) atoms. The molecule has 1 heterocycles. The zero-order valence-corrected chi connectivity index (χ0v) is 20.3. The van der Waals surface area contributed by atoms with E-state index in [1.807, 2.05) is 6.92 Å². The van der Waals surface area contributed by atoms with Crippen LogP contribution in [-0.4, -0.2) is 56.3 Å². The van der Waals surface area contributed by atoms with Gasteiger partial charge in [0.2, 0.25) is 15.9 Å². The minimum Gasteiger partial charge on any atom is -0.494 e. The van der Waals surface area contributed by atoms with Gasteiger partial charge in [-0.1, -0.05) is 43.7 Å². The molecule has 0 radical (unpaired) electrons. The first kappa shape index (κ1) is 26.1. The summed E-state index contributed by atoms with van der Waals surface area (Å²) in [6.45, 7) is 3.38. The quantitative estimate of drug-likeness (QED) is 0.426. The maximum atomic E-state index is 14.7. The number of halogens is 2. The van der Waals surface area contributed by atoms with E-state index in [2.05, 4.69) is 0 Å². The number of nitrogens with zero attached hydrogens (tertiary/aromatic N) is 2. The smallest absolute Gasteiger partial charge is 0.273 e. The van der Waals surface area contributed by atoms with Gasteiger partial charge in [-0.05, 0) is 37.1 Å². The van der Waals surface area contributed by atoms with Gasteiger partial charge < -0.3 is 9.64 Å². The fourth-order valence-electron chi connectivity index (χ4n) is 3.83. The molecule has 0 saturated carbocycles. The van der Waals surface area contributed by atoms with Crippen LogP contribution in [0.2, 0.25) is 0 Å². The number of rotatable bonds is 11. The van der Waals surface area contributed by atoms with Gasteiger partial charge in [-0.2, -0.15) is 4.31 Å². The number of hydrogen-bond donors (Lipinski definition) is 0. The molecule has 1 saturated heterocycles. The van der Waals surface area contributed by atoms with Crippen LogP contribution in [0.4, 0.5) is 8.78 Å². The number of ether oxygens (including phenoxy) is 1. The lowest BCUT2D eigenvalue weighted by molar-refractivity contribution is -0.132. The van der Waals surface area contributed by atoms with Gasteiger partial charge in [-0.3, -0.25) is 4.79 Å². The van der Waals surface area contributed by atoms with Crippen LogP contribution in [0.5, 0.6) is 5.75 Å². The van der Waals surface area contributed by atoms with E-state index >= 15 is 0 Å². The van der Waals surface area contributed by atoms with Crippen LogP contribution in [0, 0.1) is 0 Å².